The zero-order valence-electron chi connectivity index (χ0n) is 24.7. The summed E-state index contributed by atoms with van der Waals surface area (Å²) in [5, 5.41) is 3.17. The number of hydrogen-bond donors (Lipinski definition) is 1. The molecule has 0 unspecified atom stereocenters. The number of nitrogens with one attached hydrogen (secondary N) is 1. The number of rotatable bonds is 24. The van der Waals surface area contributed by atoms with E-state index in [9.17, 15) is 4.79 Å². The highest BCUT2D eigenvalue weighted by Crippen LogP contribution is 2.18. The van der Waals surface area contributed by atoms with Crippen molar-refractivity contribution in [3.05, 3.63) is 66.4 Å². The van der Waals surface area contributed by atoms with E-state index in [1.807, 2.05) is 48.5 Å². The molecule has 0 radical (unpaired) electrons. The summed E-state index contributed by atoms with van der Waals surface area (Å²) in [5.74, 6) is 1.66. The lowest BCUT2D eigenvalue weighted by molar-refractivity contribution is 0.104. The first-order valence-electron chi connectivity index (χ1n) is 15.7. The molecule has 0 aliphatic heterocycles. The fraction of sp³-hybridized carbons (Fsp3) is 0.571. The summed E-state index contributed by atoms with van der Waals surface area (Å²) in [4.78, 5) is 12.5. The lowest BCUT2D eigenvalue weighted by atomic mass is 10.1. The molecule has 4 heteroatoms. The molecule has 0 aromatic heterocycles. The molecular weight excluding hydrogens is 482 g/mol. The van der Waals surface area contributed by atoms with Crippen LogP contribution in [-0.2, 0) is 0 Å². The smallest absolute Gasteiger partial charge is 0.187 e. The second-order valence-corrected chi connectivity index (χ2v) is 10.5. The number of unbranched alkanes of at least 4 members (excludes halogenated alkanes) is 14. The van der Waals surface area contributed by atoms with Gasteiger partial charge in [0, 0.05) is 23.5 Å². The van der Waals surface area contributed by atoms with E-state index in [1.165, 1.54) is 89.9 Å². The van der Waals surface area contributed by atoms with E-state index >= 15 is 0 Å². The van der Waals surface area contributed by atoms with Crippen molar-refractivity contribution >= 4 is 11.5 Å². The topological polar surface area (TPSA) is 47.6 Å². The van der Waals surface area contributed by atoms with Gasteiger partial charge in [0.15, 0.2) is 5.78 Å². The molecule has 2 aromatic rings. The van der Waals surface area contributed by atoms with E-state index in [0.29, 0.717) is 5.56 Å². The summed E-state index contributed by atoms with van der Waals surface area (Å²) in [7, 11) is 0. The number of benzene rings is 2. The van der Waals surface area contributed by atoms with E-state index < -0.39 is 0 Å². The molecule has 2 rings (SSSR count). The van der Waals surface area contributed by atoms with Crippen molar-refractivity contribution in [2.24, 2.45) is 0 Å². The van der Waals surface area contributed by atoms with Gasteiger partial charge in [0.1, 0.15) is 11.5 Å². The average molecular weight is 536 g/mol. The quantitative estimate of drug-likeness (QED) is 0.0825. The Balaban J connectivity index is 1.56. The highest BCUT2D eigenvalue weighted by Gasteiger charge is 2.03. The van der Waals surface area contributed by atoms with Gasteiger partial charge in [0.05, 0.1) is 13.2 Å². The van der Waals surface area contributed by atoms with E-state index in [1.54, 1.807) is 12.3 Å². The lowest BCUT2D eigenvalue weighted by Gasteiger charge is -2.08. The SMILES string of the molecule is CCCCCCCCCCCOc1ccc(NC=CC(=O)c2ccc(OCCCCCCCCC)cc2)cc1. The van der Waals surface area contributed by atoms with Gasteiger partial charge < -0.3 is 14.8 Å². The third-order valence-corrected chi connectivity index (χ3v) is 7.01. The highest BCUT2D eigenvalue weighted by molar-refractivity contribution is 6.04. The van der Waals surface area contributed by atoms with E-state index in [-0.39, 0.29) is 5.78 Å². The molecular formula is C35H53NO3. The Morgan fingerprint density at radius 3 is 1.46 bits per heavy atom. The predicted octanol–water partition coefficient (Wildman–Crippen LogP) is 10.5. The van der Waals surface area contributed by atoms with Crippen LogP contribution in [0.15, 0.2) is 60.8 Å². The van der Waals surface area contributed by atoms with Crippen LogP contribution in [0.2, 0.25) is 0 Å². The predicted molar refractivity (Wildman–Crippen MR) is 166 cm³/mol. The van der Waals surface area contributed by atoms with Gasteiger partial charge in [-0.1, -0.05) is 104 Å². The minimum Gasteiger partial charge on any atom is -0.494 e. The second-order valence-electron chi connectivity index (χ2n) is 10.5. The minimum absolute atomic E-state index is 0.0398. The van der Waals surface area contributed by atoms with Crippen molar-refractivity contribution in [3.63, 3.8) is 0 Å². The summed E-state index contributed by atoms with van der Waals surface area (Å²) in [6.07, 6.45) is 24.0. The van der Waals surface area contributed by atoms with Gasteiger partial charge in [0.2, 0.25) is 0 Å². The van der Waals surface area contributed by atoms with Crippen LogP contribution in [0, 0.1) is 0 Å². The molecule has 2 aromatic carbocycles. The Morgan fingerprint density at radius 1 is 0.590 bits per heavy atom. The number of hydrogen-bond acceptors (Lipinski definition) is 4. The Bertz CT molecular complexity index is 889. The molecule has 0 atom stereocenters. The lowest BCUT2D eigenvalue weighted by Crippen LogP contribution is -1.99. The molecule has 0 fully saturated rings. The fourth-order valence-electron chi connectivity index (χ4n) is 4.52. The van der Waals surface area contributed by atoms with E-state index in [0.717, 1.165) is 43.2 Å². The van der Waals surface area contributed by atoms with E-state index in [2.05, 4.69) is 19.2 Å². The summed E-state index contributed by atoms with van der Waals surface area (Å²) in [5.41, 5.74) is 1.57. The van der Waals surface area contributed by atoms with Gasteiger partial charge in [0.25, 0.3) is 0 Å². The van der Waals surface area contributed by atoms with Crippen LogP contribution in [0.3, 0.4) is 0 Å². The first-order chi connectivity index (χ1) is 19.2. The van der Waals surface area contributed by atoms with Crippen LogP contribution in [-0.4, -0.2) is 19.0 Å². The third kappa shape index (κ3) is 16.1. The van der Waals surface area contributed by atoms with Crippen molar-refractivity contribution in [1.82, 2.24) is 0 Å². The van der Waals surface area contributed by atoms with Crippen molar-refractivity contribution in [2.45, 2.75) is 117 Å². The van der Waals surface area contributed by atoms with Crippen molar-refractivity contribution in [1.29, 1.82) is 0 Å². The Morgan fingerprint density at radius 2 is 1.00 bits per heavy atom. The Hall–Kier alpha value is -2.75. The van der Waals surface area contributed by atoms with Gasteiger partial charge in [-0.15, -0.1) is 0 Å². The summed E-state index contributed by atoms with van der Waals surface area (Å²) in [6.45, 7) is 6.00. The minimum atomic E-state index is -0.0398. The molecule has 1 N–H and O–H groups in total. The largest absolute Gasteiger partial charge is 0.494 e. The van der Waals surface area contributed by atoms with Gasteiger partial charge in [-0.05, 0) is 61.4 Å². The number of ketones is 1. The zero-order valence-corrected chi connectivity index (χ0v) is 24.7. The summed E-state index contributed by atoms with van der Waals surface area (Å²) < 4.78 is 11.7. The van der Waals surface area contributed by atoms with Crippen LogP contribution < -0.4 is 14.8 Å². The molecule has 0 heterocycles. The molecule has 0 bridgehead atoms. The fourth-order valence-corrected chi connectivity index (χ4v) is 4.52. The van der Waals surface area contributed by atoms with Crippen LogP contribution >= 0.6 is 0 Å². The summed E-state index contributed by atoms with van der Waals surface area (Å²) in [6, 6.07) is 15.3. The Labute approximate surface area is 238 Å². The van der Waals surface area contributed by atoms with Crippen molar-refractivity contribution < 1.29 is 14.3 Å². The molecule has 0 aliphatic rings. The maximum Gasteiger partial charge on any atom is 0.187 e. The van der Waals surface area contributed by atoms with Crippen LogP contribution in [0.25, 0.3) is 0 Å². The Kier molecular flexibility index (Phi) is 18.4. The molecule has 0 amide bonds. The maximum absolute atomic E-state index is 12.5. The van der Waals surface area contributed by atoms with Gasteiger partial charge in [-0.3, -0.25) is 4.79 Å². The number of carbonyl (C=O) groups excluding carboxylic acids is 1. The van der Waals surface area contributed by atoms with Crippen LogP contribution in [0.4, 0.5) is 5.69 Å². The molecule has 0 spiro atoms. The molecule has 216 valence electrons. The van der Waals surface area contributed by atoms with Gasteiger partial charge in [-0.25, -0.2) is 0 Å². The third-order valence-electron chi connectivity index (χ3n) is 7.01. The molecule has 0 aliphatic carbocycles. The zero-order chi connectivity index (χ0) is 27.8. The molecule has 4 nitrogen and oxygen atoms in total. The first kappa shape index (κ1) is 32.5. The van der Waals surface area contributed by atoms with Crippen molar-refractivity contribution in [3.8, 4) is 11.5 Å². The molecule has 0 saturated carbocycles. The number of allylic oxidation sites excluding steroid dienone is 1. The van der Waals surface area contributed by atoms with Crippen LogP contribution in [0.5, 0.6) is 11.5 Å². The molecule has 0 saturated heterocycles. The average Bonchev–Trinajstić information content (AvgIpc) is 2.96. The first-order valence-corrected chi connectivity index (χ1v) is 15.7. The van der Waals surface area contributed by atoms with Crippen LogP contribution in [0.1, 0.15) is 127 Å². The number of carbonyl (C=O) groups is 1. The summed E-state index contributed by atoms with van der Waals surface area (Å²) >= 11 is 0. The number of anilines is 1. The normalized spacial score (nSPS) is 11.1. The second kappa shape index (κ2) is 22.1. The van der Waals surface area contributed by atoms with Gasteiger partial charge >= 0.3 is 0 Å². The number of ether oxygens (including phenoxy) is 2. The standard InChI is InChI=1S/C35H53NO3/c1-3-5-7-9-11-12-14-16-18-30-39-34-25-21-32(22-26-34)36-28-27-35(37)31-19-23-33(24-20-31)38-29-17-15-13-10-8-6-4-2/h19-28,36H,3-18,29-30H2,1-2H3. The molecule has 39 heavy (non-hydrogen) atoms. The van der Waals surface area contributed by atoms with E-state index in [4.69, 9.17) is 9.47 Å². The van der Waals surface area contributed by atoms with Crippen molar-refractivity contribution in [2.75, 3.05) is 18.5 Å². The maximum atomic E-state index is 12.5. The monoisotopic (exact) mass is 535 g/mol. The highest BCUT2D eigenvalue weighted by atomic mass is 16.5. The van der Waals surface area contributed by atoms with Gasteiger partial charge in [-0.2, -0.15) is 0 Å².